The molecule has 2 aromatic heterocycles. The van der Waals surface area contributed by atoms with Crippen LogP contribution in [0.2, 0.25) is 0 Å². The highest BCUT2D eigenvalue weighted by Gasteiger charge is 2.47. The van der Waals surface area contributed by atoms with Crippen molar-refractivity contribution >= 4 is 12.0 Å². The van der Waals surface area contributed by atoms with Crippen molar-refractivity contribution in [3.8, 4) is 11.6 Å². The Kier molecular flexibility index (Phi) is 4.97. The monoisotopic (exact) mass is 412 g/mol. The van der Waals surface area contributed by atoms with Crippen LogP contribution < -0.4 is 10.3 Å². The van der Waals surface area contributed by atoms with Crippen LogP contribution in [0.3, 0.4) is 0 Å². The van der Waals surface area contributed by atoms with Crippen molar-refractivity contribution < 1.29 is 19.1 Å². The minimum absolute atomic E-state index is 0.114. The summed E-state index contributed by atoms with van der Waals surface area (Å²) < 4.78 is 12.0. The predicted octanol–water partition coefficient (Wildman–Crippen LogP) is 1.61. The summed E-state index contributed by atoms with van der Waals surface area (Å²) in [5.74, 6) is 0.0860. The van der Waals surface area contributed by atoms with Crippen LogP contribution in [0.5, 0.6) is 5.88 Å². The molecule has 1 spiro atoms. The van der Waals surface area contributed by atoms with Gasteiger partial charge in [-0.1, -0.05) is 0 Å². The second-order valence-electron chi connectivity index (χ2n) is 7.84. The number of aryl methyl sites for hydroxylation is 1. The van der Waals surface area contributed by atoms with E-state index in [1.807, 2.05) is 0 Å². The zero-order valence-electron chi connectivity index (χ0n) is 17.3. The number of likely N-dealkylation sites (tertiary alicyclic amines) is 1. The summed E-state index contributed by atoms with van der Waals surface area (Å²) in [4.78, 5) is 45.7. The minimum Gasteiger partial charge on any atom is -0.481 e. The molecule has 0 bridgehead atoms. The van der Waals surface area contributed by atoms with Gasteiger partial charge in [-0.25, -0.2) is 9.78 Å². The van der Waals surface area contributed by atoms with E-state index in [2.05, 4.69) is 4.98 Å². The third kappa shape index (κ3) is 3.40. The molecule has 9 heteroatoms. The summed E-state index contributed by atoms with van der Waals surface area (Å²) in [7, 11) is 3.20. The van der Waals surface area contributed by atoms with Gasteiger partial charge in [0.05, 0.1) is 32.1 Å². The first-order valence-electron chi connectivity index (χ1n) is 9.80. The van der Waals surface area contributed by atoms with Crippen LogP contribution in [-0.2, 0) is 4.74 Å². The van der Waals surface area contributed by atoms with Crippen molar-refractivity contribution in [1.82, 2.24) is 19.4 Å². The molecule has 0 saturated carbocycles. The van der Waals surface area contributed by atoms with Gasteiger partial charge < -0.3 is 19.3 Å². The summed E-state index contributed by atoms with van der Waals surface area (Å²) >= 11 is 0. The molecule has 2 aliphatic heterocycles. The Labute approximate surface area is 173 Å². The van der Waals surface area contributed by atoms with Crippen molar-refractivity contribution in [3.05, 3.63) is 52.1 Å². The Morgan fingerprint density at radius 2 is 2.03 bits per heavy atom. The molecule has 1 unspecified atom stereocenters. The molecule has 2 aromatic rings. The van der Waals surface area contributed by atoms with Gasteiger partial charge in [-0.3, -0.25) is 14.2 Å². The molecule has 2 aliphatic rings. The van der Waals surface area contributed by atoms with Gasteiger partial charge >= 0.3 is 6.09 Å². The number of carbonyl (C=O) groups is 2. The summed E-state index contributed by atoms with van der Waals surface area (Å²) in [6, 6.07) is 5.10. The summed E-state index contributed by atoms with van der Waals surface area (Å²) in [6.45, 7) is 2.97. The maximum atomic E-state index is 13.4. The predicted molar refractivity (Wildman–Crippen MR) is 108 cm³/mol. The lowest BCUT2D eigenvalue weighted by Crippen LogP contribution is -2.53. The molecule has 4 rings (SSSR count). The van der Waals surface area contributed by atoms with Crippen LogP contribution in [0.4, 0.5) is 4.79 Å². The molecule has 1 atom stereocenters. The van der Waals surface area contributed by atoms with Crippen molar-refractivity contribution in [2.45, 2.75) is 25.4 Å². The number of piperidine rings is 1. The van der Waals surface area contributed by atoms with Crippen LogP contribution in [0.1, 0.15) is 28.8 Å². The number of pyridine rings is 2. The van der Waals surface area contributed by atoms with Gasteiger partial charge in [0.1, 0.15) is 11.2 Å². The Morgan fingerprint density at radius 3 is 2.67 bits per heavy atom. The van der Waals surface area contributed by atoms with Gasteiger partial charge in [0.2, 0.25) is 5.88 Å². The third-order valence-corrected chi connectivity index (χ3v) is 5.69. The number of aromatic nitrogens is 2. The van der Waals surface area contributed by atoms with Gasteiger partial charge in [-0.15, -0.1) is 0 Å². The molecule has 0 aromatic carbocycles. The van der Waals surface area contributed by atoms with E-state index in [0.29, 0.717) is 43.1 Å². The lowest BCUT2D eigenvalue weighted by Gasteiger charge is -2.38. The van der Waals surface area contributed by atoms with Crippen molar-refractivity contribution in [2.24, 2.45) is 0 Å². The third-order valence-electron chi connectivity index (χ3n) is 5.69. The highest BCUT2D eigenvalue weighted by atomic mass is 16.6. The van der Waals surface area contributed by atoms with E-state index in [9.17, 15) is 14.4 Å². The molecule has 0 aliphatic carbocycles. The Balaban J connectivity index is 1.65. The number of rotatable bonds is 3. The molecule has 2 amide bonds. The fraction of sp³-hybridized carbons (Fsp3) is 0.429. The fourth-order valence-corrected chi connectivity index (χ4v) is 4.16. The maximum absolute atomic E-state index is 13.4. The number of likely N-dealkylation sites (N-methyl/N-ethyl adjacent to an activating group) is 1. The number of methoxy groups -OCH3 is 1. The van der Waals surface area contributed by atoms with E-state index in [1.165, 1.54) is 22.8 Å². The van der Waals surface area contributed by atoms with Crippen molar-refractivity contribution in [3.63, 3.8) is 0 Å². The maximum Gasteiger partial charge on any atom is 0.410 e. The molecule has 158 valence electrons. The van der Waals surface area contributed by atoms with Crippen molar-refractivity contribution in [2.75, 3.05) is 33.8 Å². The molecule has 2 fully saturated rings. The van der Waals surface area contributed by atoms with Crippen LogP contribution in [-0.4, -0.2) is 70.7 Å². The van der Waals surface area contributed by atoms with E-state index in [0.717, 1.165) is 0 Å². The lowest BCUT2D eigenvalue weighted by molar-refractivity contribution is -0.00531. The van der Waals surface area contributed by atoms with E-state index in [4.69, 9.17) is 9.47 Å². The van der Waals surface area contributed by atoms with Crippen LogP contribution in [0.25, 0.3) is 5.69 Å². The van der Waals surface area contributed by atoms with Gasteiger partial charge in [0.15, 0.2) is 0 Å². The molecular weight excluding hydrogens is 388 g/mol. The Morgan fingerprint density at radius 1 is 1.23 bits per heavy atom. The number of hydrogen-bond donors (Lipinski definition) is 0. The van der Waals surface area contributed by atoms with Crippen LogP contribution in [0, 0.1) is 6.92 Å². The Bertz CT molecular complexity index is 1050. The van der Waals surface area contributed by atoms with Gasteiger partial charge in [0, 0.05) is 25.9 Å². The largest absolute Gasteiger partial charge is 0.481 e. The first kappa shape index (κ1) is 19.9. The number of hydrogen-bond acceptors (Lipinski definition) is 6. The van der Waals surface area contributed by atoms with Gasteiger partial charge in [0.25, 0.3) is 11.5 Å². The highest BCUT2D eigenvalue weighted by Crippen LogP contribution is 2.32. The minimum atomic E-state index is -0.707. The topological polar surface area (TPSA) is 94.0 Å². The molecule has 30 heavy (non-hydrogen) atoms. The molecular formula is C21H24N4O5. The van der Waals surface area contributed by atoms with E-state index in [1.54, 1.807) is 43.3 Å². The number of nitrogens with zero attached hydrogens (tertiary/aromatic N) is 4. The van der Waals surface area contributed by atoms with E-state index in [-0.39, 0.29) is 24.1 Å². The second-order valence-corrected chi connectivity index (χ2v) is 7.84. The average molecular weight is 412 g/mol. The van der Waals surface area contributed by atoms with Gasteiger partial charge in [-0.05, 0) is 37.5 Å². The average Bonchev–Trinajstić information content (AvgIpc) is 3.00. The van der Waals surface area contributed by atoms with Crippen LogP contribution in [0.15, 0.2) is 35.4 Å². The smallest absolute Gasteiger partial charge is 0.410 e. The normalized spacial score (nSPS) is 21.1. The zero-order valence-corrected chi connectivity index (χ0v) is 17.3. The number of amides is 2. The lowest BCUT2D eigenvalue weighted by atomic mass is 9.92. The summed E-state index contributed by atoms with van der Waals surface area (Å²) in [5.41, 5.74) is 0.135. The fourth-order valence-electron chi connectivity index (χ4n) is 4.16. The molecule has 0 radical (unpaired) electrons. The quantitative estimate of drug-likeness (QED) is 0.760. The Hall–Kier alpha value is -3.36. The summed E-state index contributed by atoms with van der Waals surface area (Å²) in [5, 5.41) is 0. The SMILES string of the molecule is COc1ccc(-n2ccc(C)c(C(=O)N3CCCC4(CN(C)C(=O)O4)C3)c2=O)cn1. The molecule has 4 heterocycles. The standard InChI is InChI=1S/C21H24N4O5/c1-14-7-10-25(15-5-6-16(29-3)22-11-15)19(27)17(14)18(26)24-9-4-8-21(13-24)12-23(2)20(28)30-21/h5-7,10-11H,4,8-9,12-13H2,1-3H3. The van der Waals surface area contributed by atoms with E-state index >= 15 is 0 Å². The van der Waals surface area contributed by atoms with E-state index < -0.39 is 11.2 Å². The summed E-state index contributed by atoms with van der Waals surface area (Å²) in [6.07, 6.45) is 4.17. The van der Waals surface area contributed by atoms with Crippen molar-refractivity contribution in [1.29, 1.82) is 0 Å². The molecule has 9 nitrogen and oxygen atoms in total. The molecule has 2 saturated heterocycles. The zero-order chi connectivity index (χ0) is 21.5. The second kappa shape index (κ2) is 7.47. The first-order valence-corrected chi connectivity index (χ1v) is 9.80. The number of ether oxygens (including phenoxy) is 2. The first-order chi connectivity index (χ1) is 14.3. The highest BCUT2D eigenvalue weighted by molar-refractivity contribution is 5.95. The van der Waals surface area contributed by atoms with Gasteiger partial charge in [-0.2, -0.15) is 0 Å². The molecule has 0 N–H and O–H groups in total. The van der Waals surface area contributed by atoms with Crippen LogP contribution >= 0.6 is 0 Å². The number of carbonyl (C=O) groups excluding carboxylic acids is 2.